The van der Waals surface area contributed by atoms with E-state index in [1.807, 2.05) is 12.1 Å². The summed E-state index contributed by atoms with van der Waals surface area (Å²) in [5.41, 5.74) is 6.37. The van der Waals surface area contributed by atoms with Gasteiger partial charge in [-0.3, -0.25) is 4.79 Å². The Morgan fingerprint density at radius 1 is 1.35 bits per heavy atom. The van der Waals surface area contributed by atoms with Gasteiger partial charge in [-0.1, -0.05) is 6.07 Å². The molecule has 1 aromatic rings. The summed E-state index contributed by atoms with van der Waals surface area (Å²) in [5.74, 6) is 1.12. The van der Waals surface area contributed by atoms with Crippen molar-refractivity contribution in [2.75, 3.05) is 14.2 Å². The minimum absolute atomic E-state index is 0.181. The van der Waals surface area contributed by atoms with E-state index >= 15 is 0 Å². The quantitative estimate of drug-likeness (QED) is 0.790. The van der Waals surface area contributed by atoms with Crippen LogP contribution in [0.1, 0.15) is 12.5 Å². The van der Waals surface area contributed by atoms with E-state index in [-0.39, 0.29) is 5.91 Å². The Labute approximate surface area is 101 Å². The Morgan fingerprint density at radius 2 is 2.00 bits per heavy atom. The molecule has 0 spiro atoms. The maximum Gasteiger partial charge on any atom is 0.236 e. The van der Waals surface area contributed by atoms with Crippen molar-refractivity contribution in [3.63, 3.8) is 0 Å². The van der Waals surface area contributed by atoms with E-state index in [9.17, 15) is 4.79 Å². The van der Waals surface area contributed by atoms with Crippen LogP contribution in [-0.2, 0) is 11.3 Å². The van der Waals surface area contributed by atoms with E-state index in [0.29, 0.717) is 18.0 Å². The highest BCUT2D eigenvalue weighted by Crippen LogP contribution is 2.27. The van der Waals surface area contributed by atoms with Crippen LogP contribution in [-0.4, -0.2) is 26.2 Å². The molecule has 0 saturated heterocycles. The molecule has 0 aliphatic heterocycles. The van der Waals surface area contributed by atoms with Gasteiger partial charge in [0.25, 0.3) is 0 Å². The van der Waals surface area contributed by atoms with Crippen LogP contribution >= 0.6 is 0 Å². The second-order valence-electron chi connectivity index (χ2n) is 3.70. The molecule has 94 valence electrons. The second-order valence-corrected chi connectivity index (χ2v) is 3.70. The molecule has 1 aromatic carbocycles. The highest BCUT2D eigenvalue weighted by atomic mass is 16.5. The lowest BCUT2D eigenvalue weighted by Crippen LogP contribution is -2.37. The summed E-state index contributed by atoms with van der Waals surface area (Å²) in [5, 5.41) is 2.73. The van der Waals surface area contributed by atoms with E-state index in [4.69, 9.17) is 15.2 Å². The lowest BCUT2D eigenvalue weighted by molar-refractivity contribution is -0.122. The van der Waals surface area contributed by atoms with Crippen LogP contribution in [0.25, 0.3) is 0 Å². The predicted octanol–water partition coefficient (Wildman–Crippen LogP) is 0.667. The van der Waals surface area contributed by atoms with Gasteiger partial charge in [-0.05, 0) is 24.6 Å². The van der Waals surface area contributed by atoms with E-state index in [0.717, 1.165) is 5.56 Å². The summed E-state index contributed by atoms with van der Waals surface area (Å²) >= 11 is 0. The molecular weight excluding hydrogens is 220 g/mol. The molecule has 0 radical (unpaired) electrons. The third-order valence-corrected chi connectivity index (χ3v) is 2.33. The van der Waals surface area contributed by atoms with Gasteiger partial charge in [0, 0.05) is 6.54 Å². The second kappa shape index (κ2) is 6.10. The first-order chi connectivity index (χ1) is 8.08. The third kappa shape index (κ3) is 3.64. The zero-order valence-electron chi connectivity index (χ0n) is 10.3. The first-order valence-electron chi connectivity index (χ1n) is 5.32. The van der Waals surface area contributed by atoms with Crippen LogP contribution in [0.2, 0.25) is 0 Å². The monoisotopic (exact) mass is 238 g/mol. The molecule has 0 aliphatic carbocycles. The van der Waals surface area contributed by atoms with Crippen LogP contribution in [0.3, 0.4) is 0 Å². The summed E-state index contributed by atoms with van der Waals surface area (Å²) in [4.78, 5) is 11.3. The first kappa shape index (κ1) is 13.3. The fourth-order valence-electron chi connectivity index (χ4n) is 1.34. The van der Waals surface area contributed by atoms with Crippen LogP contribution in [0.15, 0.2) is 18.2 Å². The minimum atomic E-state index is -0.504. The van der Waals surface area contributed by atoms with Crippen molar-refractivity contribution in [3.05, 3.63) is 23.8 Å². The van der Waals surface area contributed by atoms with Gasteiger partial charge in [0.1, 0.15) is 0 Å². The van der Waals surface area contributed by atoms with Gasteiger partial charge in [-0.25, -0.2) is 0 Å². The Balaban J connectivity index is 2.69. The summed E-state index contributed by atoms with van der Waals surface area (Å²) < 4.78 is 10.3. The van der Waals surface area contributed by atoms with Crippen LogP contribution in [0, 0.1) is 0 Å². The highest BCUT2D eigenvalue weighted by molar-refractivity contribution is 5.80. The van der Waals surface area contributed by atoms with Crippen molar-refractivity contribution < 1.29 is 14.3 Å². The van der Waals surface area contributed by atoms with Crippen molar-refractivity contribution in [2.24, 2.45) is 5.73 Å². The van der Waals surface area contributed by atoms with E-state index in [2.05, 4.69) is 5.32 Å². The summed E-state index contributed by atoms with van der Waals surface area (Å²) in [6.07, 6.45) is 0. The van der Waals surface area contributed by atoms with Crippen molar-refractivity contribution in [1.29, 1.82) is 0 Å². The first-order valence-corrected chi connectivity index (χ1v) is 5.32. The number of nitrogens with two attached hydrogens (primary N) is 1. The lowest BCUT2D eigenvalue weighted by Gasteiger charge is -2.11. The molecular formula is C12H18N2O3. The molecule has 0 aliphatic rings. The molecule has 1 amide bonds. The SMILES string of the molecule is COc1ccc(CNC(=O)C(C)N)cc1OC. The predicted molar refractivity (Wildman–Crippen MR) is 65.0 cm³/mol. The Kier molecular flexibility index (Phi) is 4.78. The smallest absolute Gasteiger partial charge is 0.236 e. The fourth-order valence-corrected chi connectivity index (χ4v) is 1.34. The number of hydrogen-bond donors (Lipinski definition) is 2. The van der Waals surface area contributed by atoms with Gasteiger partial charge in [0.15, 0.2) is 11.5 Å². The van der Waals surface area contributed by atoms with Crippen LogP contribution < -0.4 is 20.5 Å². The lowest BCUT2D eigenvalue weighted by atomic mass is 10.2. The molecule has 3 N–H and O–H groups in total. The van der Waals surface area contributed by atoms with E-state index < -0.39 is 6.04 Å². The Hall–Kier alpha value is -1.75. The van der Waals surface area contributed by atoms with Gasteiger partial charge in [-0.2, -0.15) is 0 Å². The molecule has 0 heterocycles. The standard InChI is InChI=1S/C12H18N2O3/c1-8(13)12(15)14-7-9-4-5-10(16-2)11(6-9)17-3/h4-6,8H,7,13H2,1-3H3,(H,14,15). The summed E-state index contributed by atoms with van der Waals surface area (Å²) in [6.45, 7) is 2.06. The van der Waals surface area contributed by atoms with E-state index in [1.165, 1.54) is 0 Å². The molecule has 1 atom stereocenters. The molecule has 5 nitrogen and oxygen atoms in total. The molecule has 0 fully saturated rings. The molecule has 1 rings (SSSR count). The number of benzene rings is 1. The third-order valence-electron chi connectivity index (χ3n) is 2.33. The maximum absolute atomic E-state index is 11.3. The van der Waals surface area contributed by atoms with Crippen molar-refractivity contribution in [2.45, 2.75) is 19.5 Å². The molecule has 0 saturated carbocycles. The van der Waals surface area contributed by atoms with Crippen LogP contribution in [0.5, 0.6) is 11.5 Å². The van der Waals surface area contributed by atoms with Crippen molar-refractivity contribution >= 4 is 5.91 Å². The van der Waals surface area contributed by atoms with E-state index in [1.54, 1.807) is 27.2 Å². The highest BCUT2D eigenvalue weighted by Gasteiger charge is 2.08. The number of ether oxygens (including phenoxy) is 2. The summed E-state index contributed by atoms with van der Waals surface area (Å²) in [6, 6.07) is 4.98. The van der Waals surface area contributed by atoms with Crippen molar-refractivity contribution in [3.8, 4) is 11.5 Å². The number of rotatable bonds is 5. The van der Waals surface area contributed by atoms with Crippen LogP contribution in [0.4, 0.5) is 0 Å². The van der Waals surface area contributed by atoms with Gasteiger partial charge in [-0.15, -0.1) is 0 Å². The van der Waals surface area contributed by atoms with Gasteiger partial charge < -0.3 is 20.5 Å². The fraction of sp³-hybridized carbons (Fsp3) is 0.417. The van der Waals surface area contributed by atoms with Crippen molar-refractivity contribution in [1.82, 2.24) is 5.32 Å². The Morgan fingerprint density at radius 3 is 2.53 bits per heavy atom. The molecule has 17 heavy (non-hydrogen) atoms. The molecule has 5 heteroatoms. The van der Waals surface area contributed by atoms with Gasteiger partial charge >= 0.3 is 0 Å². The topological polar surface area (TPSA) is 73.6 Å². The number of carbonyl (C=O) groups is 1. The summed E-state index contributed by atoms with van der Waals surface area (Å²) in [7, 11) is 3.15. The van der Waals surface area contributed by atoms with Gasteiger partial charge in [0.2, 0.25) is 5.91 Å². The van der Waals surface area contributed by atoms with Gasteiger partial charge in [0.05, 0.1) is 20.3 Å². The number of nitrogens with one attached hydrogen (secondary N) is 1. The molecule has 1 unspecified atom stereocenters. The largest absolute Gasteiger partial charge is 0.493 e. The number of hydrogen-bond acceptors (Lipinski definition) is 4. The molecule has 0 bridgehead atoms. The Bertz CT molecular complexity index is 391. The molecule has 0 aromatic heterocycles. The number of methoxy groups -OCH3 is 2. The minimum Gasteiger partial charge on any atom is -0.493 e. The zero-order valence-corrected chi connectivity index (χ0v) is 10.3. The number of amides is 1. The zero-order chi connectivity index (χ0) is 12.8. The maximum atomic E-state index is 11.3. The number of carbonyl (C=O) groups excluding carboxylic acids is 1. The normalized spacial score (nSPS) is 11.8. The average Bonchev–Trinajstić information content (AvgIpc) is 2.35. The average molecular weight is 238 g/mol.